The zero-order chi connectivity index (χ0) is 19.1. The van der Waals surface area contributed by atoms with Gasteiger partial charge in [0.05, 0.1) is 18.2 Å². The fraction of sp³-hybridized carbons (Fsp3) is 0.318. The fourth-order valence-corrected chi connectivity index (χ4v) is 3.51. The lowest BCUT2D eigenvalue weighted by atomic mass is 9.98. The van der Waals surface area contributed by atoms with Crippen molar-refractivity contribution in [3.8, 4) is 17.2 Å². The average Bonchev–Trinajstić information content (AvgIpc) is 2.99. The van der Waals surface area contributed by atoms with Crippen LogP contribution in [-0.4, -0.2) is 30.6 Å². The second-order valence-electron chi connectivity index (χ2n) is 7.17. The minimum absolute atomic E-state index is 0.0992. The maximum Gasteiger partial charge on any atom is 0.232 e. The first kappa shape index (κ1) is 17.6. The molecule has 0 bridgehead atoms. The average molecular weight is 365 g/mol. The van der Waals surface area contributed by atoms with Crippen molar-refractivity contribution in [3.05, 3.63) is 58.3 Å². The molecule has 5 nitrogen and oxygen atoms in total. The fourth-order valence-electron chi connectivity index (χ4n) is 3.51. The summed E-state index contributed by atoms with van der Waals surface area (Å²) in [6, 6.07) is 9.85. The van der Waals surface area contributed by atoms with Gasteiger partial charge in [0, 0.05) is 18.2 Å². The van der Waals surface area contributed by atoms with Gasteiger partial charge in [0.15, 0.2) is 5.76 Å². The molecule has 27 heavy (non-hydrogen) atoms. The van der Waals surface area contributed by atoms with E-state index in [9.17, 15) is 4.79 Å². The largest absolute Gasteiger partial charge is 0.496 e. The number of fused-ring (bicyclic) bond motifs is 3. The first-order chi connectivity index (χ1) is 13.0. The van der Waals surface area contributed by atoms with Gasteiger partial charge in [-0.25, -0.2) is 0 Å². The molecule has 2 aromatic carbocycles. The Bertz CT molecular complexity index is 946. The van der Waals surface area contributed by atoms with Gasteiger partial charge in [0.2, 0.25) is 5.78 Å². The Hall–Kier alpha value is -2.79. The smallest absolute Gasteiger partial charge is 0.232 e. The molecular weight excluding hydrogens is 342 g/mol. The zero-order valence-corrected chi connectivity index (χ0v) is 16.0. The van der Waals surface area contributed by atoms with Gasteiger partial charge in [-0.2, -0.15) is 0 Å². The Kier molecular flexibility index (Phi) is 4.40. The molecule has 2 aliphatic rings. The monoisotopic (exact) mass is 365 g/mol. The number of para-hydroxylation sites is 1. The van der Waals surface area contributed by atoms with Crippen molar-refractivity contribution in [1.82, 2.24) is 4.90 Å². The van der Waals surface area contributed by atoms with Crippen LogP contribution in [0.2, 0.25) is 0 Å². The summed E-state index contributed by atoms with van der Waals surface area (Å²) < 4.78 is 17.4. The quantitative estimate of drug-likeness (QED) is 0.764. The Morgan fingerprint density at radius 2 is 2.04 bits per heavy atom. The summed E-state index contributed by atoms with van der Waals surface area (Å²) in [6.45, 7) is 7.42. The number of nitrogens with zero attached hydrogens (tertiary/aromatic N) is 1. The van der Waals surface area contributed by atoms with E-state index in [4.69, 9.17) is 14.2 Å². The van der Waals surface area contributed by atoms with E-state index in [0.717, 1.165) is 22.4 Å². The molecule has 0 radical (unpaired) electrons. The first-order valence-corrected chi connectivity index (χ1v) is 9.10. The van der Waals surface area contributed by atoms with Crippen molar-refractivity contribution in [3.63, 3.8) is 0 Å². The predicted octanol–water partition coefficient (Wildman–Crippen LogP) is 4.18. The molecule has 0 unspecified atom stereocenters. The highest BCUT2D eigenvalue weighted by Crippen LogP contribution is 2.44. The van der Waals surface area contributed by atoms with Crippen molar-refractivity contribution < 1.29 is 19.0 Å². The summed E-state index contributed by atoms with van der Waals surface area (Å²) in [5, 5.41) is 0. The van der Waals surface area contributed by atoms with Crippen LogP contribution in [0.5, 0.6) is 17.2 Å². The number of methoxy groups -OCH3 is 1. The van der Waals surface area contributed by atoms with Crippen LogP contribution in [0.3, 0.4) is 0 Å². The topological polar surface area (TPSA) is 48.0 Å². The van der Waals surface area contributed by atoms with Gasteiger partial charge in [-0.05, 0) is 44.5 Å². The molecule has 2 aliphatic heterocycles. The molecule has 0 atom stereocenters. The van der Waals surface area contributed by atoms with Crippen LogP contribution in [0.15, 0.2) is 36.1 Å². The van der Waals surface area contributed by atoms with E-state index >= 15 is 0 Å². The van der Waals surface area contributed by atoms with E-state index in [0.29, 0.717) is 42.1 Å². The van der Waals surface area contributed by atoms with Crippen LogP contribution in [0.4, 0.5) is 0 Å². The molecule has 5 heteroatoms. The molecule has 2 aromatic rings. The highest BCUT2D eigenvalue weighted by atomic mass is 16.5. The third-order valence-electron chi connectivity index (χ3n) is 5.11. The summed E-state index contributed by atoms with van der Waals surface area (Å²) in [4.78, 5) is 15.2. The van der Waals surface area contributed by atoms with E-state index in [1.807, 2.05) is 37.3 Å². The van der Waals surface area contributed by atoms with Crippen molar-refractivity contribution in [2.45, 2.75) is 33.4 Å². The predicted molar refractivity (Wildman–Crippen MR) is 103 cm³/mol. The van der Waals surface area contributed by atoms with E-state index in [2.05, 4.69) is 18.7 Å². The first-order valence-electron chi connectivity index (χ1n) is 9.10. The minimum Gasteiger partial charge on any atom is -0.496 e. The van der Waals surface area contributed by atoms with Gasteiger partial charge in [-0.1, -0.05) is 18.2 Å². The SMILES string of the molecule is COc1ccccc1/C=C1\Oc2c3c(cc(C)c2C1=O)OCN(C(C)C)C3. The number of ketones is 1. The number of rotatable bonds is 3. The second-order valence-corrected chi connectivity index (χ2v) is 7.17. The summed E-state index contributed by atoms with van der Waals surface area (Å²) in [7, 11) is 1.61. The van der Waals surface area contributed by atoms with Gasteiger partial charge >= 0.3 is 0 Å². The zero-order valence-electron chi connectivity index (χ0n) is 16.0. The third kappa shape index (κ3) is 2.98. The van der Waals surface area contributed by atoms with E-state index in [1.54, 1.807) is 13.2 Å². The molecule has 0 aliphatic carbocycles. The molecular formula is C22H23NO4. The summed E-state index contributed by atoms with van der Waals surface area (Å²) in [6.07, 6.45) is 1.75. The number of allylic oxidation sites excluding steroid dienone is 1. The number of ether oxygens (including phenoxy) is 3. The molecule has 0 aromatic heterocycles. The maximum atomic E-state index is 13.0. The van der Waals surface area contributed by atoms with Crippen LogP contribution in [0.25, 0.3) is 6.08 Å². The Labute approximate surface area is 159 Å². The second kappa shape index (κ2) is 6.74. The Balaban J connectivity index is 1.77. The van der Waals surface area contributed by atoms with Gasteiger partial charge in [0.25, 0.3) is 0 Å². The number of benzene rings is 2. The normalized spacial score (nSPS) is 17.5. The minimum atomic E-state index is -0.0992. The van der Waals surface area contributed by atoms with Gasteiger partial charge in [0.1, 0.15) is 24.0 Å². The van der Waals surface area contributed by atoms with Crippen LogP contribution < -0.4 is 14.2 Å². The number of Topliss-reactive ketones (excluding diaryl/α,β-unsaturated/α-hetero) is 1. The Morgan fingerprint density at radius 1 is 1.26 bits per heavy atom. The van der Waals surface area contributed by atoms with Gasteiger partial charge in [-0.3, -0.25) is 9.69 Å². The molecule has 0 saturated carbocycles. The van der Waals surface area contributed by atoms with E-state index in [-0.39, 0.29) is 5.78 Å². The highest BCUT2D eigenvalue weighted by Gasteiger charge is 2.35. The Morgan fingerprint density at radius 3 is 2.78 bits per heavy atom. The molecule has 0 saturated heterocycles. The standard InChI is InChI=1S/C22H23NO4/c1-13(2)23-11-16-18(26-12-23)9-14(3)20-21(24)19(27-22(16)20)10-15-7-5-6-8-17(15)25-4/h5-10,13H,11-12H2,1-4H3/b19-10-. The third-order valence-corrected chi connectivity index (χ3v) is 5.11. The van der Waals surface area contributed by atoms with E-state index in [1.165, 1.54) is 0 Å². The van der Waals surface area contributed by atoms with Crippen molar-refractivity contribution in [2.75, 3.05) is 13.8 Å². The molecule has 4 rings (SSSR count). The molecule has 140 valence electrons. The molecule has 0 fully saturated rings. The number of aryl methyl sites for hydroxylation is 1. The van der Waals surface area contributed by atoms with Crippen LogP contribution in [0.1, 0.15) is 40.9 Å². The molecule has 0 N–H and O–H groups in total. The van der Waals surface area contributed by atoms with Crippen LogP contribution >= 0.6 is 0 Å². The van der Waals surface area contributed by atoms with Crippen molar-refractivity contribution >= 4 is 11.9 Å². The van der Waals surface area contributed by atoms with Gasteiger partial charge < -0.3 is 14.2 Å². The van der Waals surface area contributed by atoms with Crippen LogP contribution in [-0.2, 0) is 6.54 Å². The lowest BCUT2D eigenvalue weighted by molar-refractivity contribution is 0.0673. The molecule has 2 heterocycles. The highest BCUT2D eigenvalue weighted by molar-refractivity contribution is 6.16. The van der Waals surface area contributed by atoms with Crippen LogP contribution in [0, 0.1) is 6.92 Å². The number of hydrogen-bond acceptors (Lipinski definition) is 5. The number of carbonyl (C=O) groups excluding carboxylic acids is 1. The summed E-state index contributed by atoms with van der Waals surface area (Å²) >= 11 is 0. The van der Waals surface area contributed by atoms with Crippen molar-refractivity contribution in [2.24, 2.45) is 0 Å². The van der Waals surface area contributed by atoms with E-state index < -0.39 is 0 Å². The molecule has 0 amide bonds. The number of hydrogen-bond donors (Lipinski definition) is 0. The summed E-state index contributed by atoms with van der Waals surface area (Å²) in [5.74, 6) is 2.34. The lowest BCUT2D eigenvalue weighted by Gasteiger charge is -2.32. The van der Waals surface area contributed by atoms with Crippen molar-refractivity contribution in [1.29, 1.82) is 0 Å². The summed E-state index contributed by atoms with van der Waals surface area (Å²) in [5.41, 5.74) is 3.24. The molecule has 0 spiro atoms. The maximum absolute atomic E-state index is 13.0. The number of carbonyl (C=O) groups is 1. The van der Waals surface area contributed by atoms with Gasteiger partial charge in [-0.15, -0.1) is 0 Å². The lowest BCUT2D eigenvalue weighted by Crippen LogP contribution is -2.37.